The van der Waals surface area contributed by atoms with Crippen LogP contribution in [-0.4, -0.2) is 28.4 Å². The van der Waals surface area contributed by atoms with E-state index in [4.69, 9.17) is 0 Å². The number of carbonyl (C=O) groups is 2. The number of Topliss-reactive ketones (excluding diaryl/α,β-unsaturated/α-hetero) is 1. The number of hydrogen-bond acceptors (Lipinski definition) is 3. The Kier molecular flexibility index (Phi) is 5.78. The fourth-order valence-corrected chi connectivity index (χ4v) is 3.73. The van der Waals surface area contributed by atoms with Crippen LogP contribution in [0.5, 0.6) is 0 Å². The van der Waals surface area contributed by atoms with Crippen LogP contribution in [0.15, 0.2) is 41.4 Å². The molecule has 0 spiro atoms. The van der Waals surface area contributed by atoms with Crippen LogP contribution >= 0.6 is 11.8 Å². The molecule has 2 heterocycles. The Hall–Kier alpha value is -2.36. The standard InChI is InChI=1S/C18H15F5N2O2S/c19-16(20)9-28-15-6-3-10(18(21,22)23)8-11(15)24-17(27)13-4-5-14(26)12-2-1-7-25(12)13/h1-3,6-8,13,16H,4-5,9H2,(H,24,27). The molecule has 2 aromatic rings. The van der Waals surface area contributed by atoms with Crippen LogP contribution in [0, 0.1) is 0 Å². The van der Waals surface area contributed by atoms with Gasteiger partial charge in [0, 0.05) is 17.5 Å². The summed E-state index contributed by atoms with van der Waals surface area (Å²) in [7, 11) is 0. The number of thioether (sulfide) groups is 1. The van der Waals surface area contributed by atoms with Gasteiger partial charge in [0.25, 0.3) is 0 Å². The highest BCUT2D eigenvalue weighted by Gasteiger charge is 2.33. The third-order valence-electron chi connectivity index (χ3n) is 4.28. The Labute approximate surface area is 161 Å². The molecule has 0 fully saturated rings. The smallest absolute Gasteiger partial charge is 0.333 e. The van der Waals surface area contributed by atoms with Gasteiger partial charge >= 0.3 is 6.18 Å². The zero-order valence-electron chi connectivity index (χ0n) is 14.3. The third kappa shape index (κ3) is 4.37. The van der Waals surface area contributed by atoms with Gasteiger partial charge in [0.05, 0.1) is 22.7 Å². The number of rotatable bonds is 5. The largest absolute Gasteiger partial charge is 0.416 e. The molecule has 0 bridgehead atoms. The molecule has 1 aromatic heterocycles. The van der Waals surface area contributed by atoms with E-state index in [2.05, 4.69) is 5.32 Å². The average molecular weight is 418 g/mol. The second-order valence-corrected chi connectivity index (χ2v) is 7.24. The highest BCUT2D eigenvalue weighted by Crippen LogP contribution is 2.37. The van der Waals surface area contributed by atoms with Crippen molar-refractivity contribution in [1.82, 2.24) is 4.57 Å². The number of fused-ring (bicyclic) bond motifs is 1. The first-order chi connectivity index (χ1) is 13.2. The van der Waals surface area contributed by atoms with Crippen LogP contribution in [0.2, 0.25) is 0 Å². The Bertz CT molecular complexity index is 894. The molecule has 1 aliphatic rings. The summed E-state index contributed by atoms with van der Waals surface area (Å²) in [6.45, 7) is 0. The highest BCUT2D eigenvalue weighted by molar-refractivity contribution is 7.99. The maximum absolute atomic E-state index is 13.0. The van der Waals surface area contributed by atoms with Gasteiger partial charge < -0.3 is 9.88 Å². The Morgan fingerprint density at radius 3 is 2.71 bits per heavy atom. The lowest BCUT2D eigenvalue weighted by molar-refractivity contribution is -0.137. The number of aromatic nitrogens is 1. The molecule has 1 atom stereocenters. The number of amides is 1. The van der Waals surface area contributed by atoms with Gasteiger partial charge in [-0.1, -0.05) is 0 Å². The van der Waals surface area contributed by atoms with Gasteiger partial charge in [0.2, 0.25) is 12.3 Å². The molecule has 0 aliphatic carbocycles. The second-order valence-electron chi connectivity index (χ2n) is 6.18. The molecular formula is C18H15F5N2O2S. The van der Waals surface area contributed by atoms with Crippen molar-refractivity contribution in [2.24, 2.45) is 0 Å². The van der Waals surface area contributed by atoms with Crippen molar-refractivity contribution in [3.63, 3.8) is 0 Å². The summed E-state index contributed by atoms with van der Waals surface area (Å²) < 4.78 is 65.6. The lowest BCUT2D eigenvalue weighted by atomic mass is 10.0. The van der Waals surface area contributed by atoms with Crippen molar-refractivity contribution in [2.75, 3.05) is 11.1 Å². The molecule has 3 rings (SSSR count). The number of benzene rings is 1. The summed E-state index contributed by atoms with van der Waals surface area (Å²) in [5.41, 5.74) is -0.830. The van der Waals surface area contributed by atoms with E-state index in [0.717, 1.165) is 18.2 Å². The fourth-order valence-electron chi connectivity index (χ4n) is 2.99. The molecule has 28 heavy (non-hydrogen) atoms. The van der Waals surface area contributed by atoms with Crippen molar-refractivity contribution in [3.05, 3.63) is 47.8 Å². The maximum atomic E-state index is 13.0. The first-order valence-corrected chi connectivity index (χ1v) is 9.28. The van der Waals surface area contributed by atoms with E-state index in [-0.39, 0.29) is 29.2 Å². The summed E-state index contributed by atoms with van der Waals surface area (Å²) in [6, 6.07) is 4.98. The van der Waals surface area contributed by atoms with Gasteiger partial charge in [-0.3, -0.25) is 9.59 Å². The second kappa shape index (κ2) is 7.94. The number of halogens is 5. The lowest BCUT2D eigenvalue weighted by Crippen LogP contribution is -2.31. The molecule has 1 aliphatic heterocycles. The van der Waals surface area contributed by atoms with Crippen LogP contribution in [-0.2, 0) is 11.0 Å². The lowest BCUT2D eigenvalue weighted by Gasteiger charge is -2.25. The molecule has 1 unspecified atom stereocenters. The molecule has 0 saturated heterocycles. The Morgan fingerprint density at radius 2 is 2.04 bits per heavy atom. The molecular weight excluding hydrogens is 403 g/mol. The van der Waals surface area contributed by atoms with Gasteiger partial charge in [-0.05, 0) is 36.8 Å². The summed E-state index contributed by atoms with van der Waals surface area (Å²) in [4.78, 5) is 24.7. The van der Waals surface area contributed by atoms with Gasteiger partial charge in [-0.2, -0.15) is 13.2 Å². The predicted molar refractivity (Wildman–Crippen MR) is 93.8 cm³/mol. The fraction of sp³-hybridized carbons (Fsp3) is 0.333. The van der Waals surface area contributed by atoms with Crippen LogP contribution in [0.4, 0.5) is 27.6 Å². The zero-order valence-corrected chi connectivity index (χ0v) is 15.1. The van der Waals surface area contributed by atoms with Crippen LogP contribution < -0.4 is 5.32 Å². The van der Waals surface area contributed by atoms with Crippen LogP contribution in [0.1, 0.15) is 34.9 Å². The van der Waals surface area contributed by atoms with Gasteiger partial charge in [-0.15, -0.1) is 11.8 Å². The number of nitrogens with zero attached hydrogens (tertiary/aromatic N) is 1. The summed E-state index contributed by atoms with van der Waals surface area (Å²) in [6.07, 6.45) is -5.41. The van der Waals surface area contributed by atoms with E-state index in [0.29, 0.717) is 17.5 Å². The van der Waals surface area contributed by atoms with Crippen molar-refractivity contribution in [1.29, 1.82) is 0 Å². The number of anilines is 1. The highest BCUT2D eigenvalue weighted by atomic mass is 32.2. The molecule has 1 N–H and O–H groups in total. The monoisotopic (exact) mass is 418 g/mol. The SMILES string of the molecule is O=C1CCC(C(=O)Nc2cc(C(F)(F)F)ccc2SCC(F)F)n2cccc21. The topological polar surface area (TPSA) is 51.1 Å². The number of hydrogen-bond donors (Lipinski definition) is 1. The van der Waals surface area contributed by atoms with Gasteiger partial charge in [0.15, 0.2) is 5.78 Å². The zero-order chi connectivity index (χ0) is 20.5. The van der Waals surface area contributed by atoms with E-state index < -0.39 is 35.9 Å². The number of alkyl halides is 5. The number of nitrogens with one attached hydrogen (secondary N) is 1. The average Bonchev–Trinajstić information content (AvgIpc) is 3.10. The Balaban J connectivity index is 1.88. The van der Waals surface area contributed by atoms with Gasteiger partial charge in [0.1, 0.15) is 6.04 Å². The third-order valence-corrected chi connectivity index (χ3v) is 5.36. The molecule has 150 valence electrons. The molecule has 10 heteroatoms. The molecule has 0 radical (unpaired) electrons. The molecule has 0 saturated carbocycles. The van der Waals surface area contributed by atoms with E-state index >= 15 is 0 Å². The first kappa shape index (κ1) is 20.4. The molecule has 1 amide bonds. The molecule has 1 aromatic carbocycles. The van der Waals surface area contributed by atoms with E-state index in [1.54, 1.807) is 18.3 Å². The predicted octanol–water partition coefficient (Wildman–Crippen LogP) is 5.02. The van der Waals surface area contributed by atoms with Gasteiger partial charge in [-0.25, -0.2) is 8.78 Å². The van der Waals surface area contributed by atoms with Crippen molar-refractivity contribution < 1.29 is 31.5 Å². The van der Waals surface area contributed by atoms with Crippen molar-refractivity contribution in [2.45, 2.75) is 36.4 Å². The normalized spacial score (nSPS) is 16.9. The van der Waals surface area contributed by atoms with Crippen LogP contribution in [0.25, 0.3) is 0 Å². The molecule has 4 nitrogen and oxygen atoms in total. The first-order valence-electron chi connectivity index (χ1n) is 8.30. The quantitative estimate of drug-likeness (QED) is 0.548. The Morgan fingerprint density at radius 1 is 1.29 bits per heavy atom. The van der Waals surface area contributed by atoms with Crippen LogP contribution in [0.3, 0.4) is 0 Å². The van der Waals surface area contributed by atoms with Crippen molar-refractivity contribution in [3.8, 4) is 0 Å². The summed E-state index contributed by atoms with van der Waals surface area (Å²) in [5, 5.41) is 2.43. The number of carbonyl (C=O) groups excluding carboxylic acids is 2. The van der Waals surface area contributed by atoms with Crippen molar-refractivity contribution >= 4 is 29.1 Å². The van der Waals surface area contributed by atoms with E-state index in [9.17, 15) is 31.5 Å². The van der Waals surface area contributed by atoms with E-state index in [1.165, 1.54) is 4.57 Å². The summed E-state index contributed by atoms with van der Waals surface area (Å²) in [5.74, 6) is -1.35. The minimum Gasteiger partial charge on any atom is -0.333 e. The minimum atomic E-state index is -4.64. The number of ketones is 1. The van der Waals surface area contributed by atoms with E-state index in [1.807, 2.05) is 0 Å². The maximum Gasteiger partial charge on any atom is 0.416 e. The summed E-state index contributed by atoms with van der Waals surface area (Å²) >= 11 is 0.658. The minimum absolute atomic E-state index is 0.112.